The van der Waals surface area contributed by atoms with Crippen LogP contribution in [0.15, 0.2) is 72.8 Å². The van der Waals surface area contributed by atoms with Crippen LogP contribution < -0.4 is 10.1 Å². The summed E-state index contributed by atoms with van der Waals surface area (Å²) < 4.78 is 5.72. The van der Waals surface area contributed by atoms with E-state index in [4.69, 9.17) is 27.9 Å². The van der Waals surface area contributed by atoms with Crippen LogP contribution in [0.3, 0.4) is 0 Å². The number of rotatable bonds is 6. The molecule has 1 aliphatic heterocycles. The quantitative estimate of drug-likeness (QED) is 0.528. The zero-order valence-corrected chi connectivity index (χ0v) is 20.3. The third kappa shape index (κ3) is 6.32. The summed E-state index contributed by atoms with van der Waals surface area (Å²) in [5.74, 6) is 0.518. The van der Waals surface area contributed by atoms with E-state index in [-0.39, 0.29) is 24.3 Å². The molecule has 180 valence electrons. The highest BCUT2D eigenvalue weighted by atomic mass is 35.5. The lowest BCUT2D eigenvalue weighted by Crippen LogP contribution is -2.52. The molecule has 3 amide bonds. The van der Waals surface area contributed by atoms with Gasteiger partial charge in [0.05, 0.1) is 17.1 Å². The number of hydrogen-bond acceptors (Lipinski definition) is 4. The van der Waals surface area contributed by atoms with Gasteiger partial charge >= 0.3 is 0 Å². The van der Waals surface area contributed by atoms with Gasteiger partial charge in [0.2, 0.25) is 5.91 Å². The molecule has 0 saturated carbocycles. The summed E-state index contributed by atoms with van der Waals surface area (Å²) in [5, 5.41) is 3.42. The first-order chi connectivity index (χ1) is 16.9. The lowest BCUT2D eigenvalue weighted by Gasteiger charge is -2.35. The molecule has 0 spiro atoms. The van der Waals surface area contributed by atoms with Crippen LogP contribution >= 0.6 is 23.2 Å². The smallest absolute Gasteiger partial charge is 0.255 e. The van der Waals surface area contributed by atoms with Crippen LogP contribution in [-0.2, 0) is 4.79 Å². The van der Waals surface area contributed by atoms with E-state index in [0.29, 0.717) is 58.9 Å². The molecule has 7 nitrogen and oxygen atoms in total. The van der Waals surface area contributed by atoms with Crippen LogP contribution in [0.25, 0.3) is 0 Å². The van der Waals surface area contributed by atoms with E-state index < -0.39 is 0 Å². The number of nitrogens with zero attached hydrogens (tertiary/aromatic N) is 2. The van der Waals surface area contributed by atoms with Gasteiger partial charge in [0, 0.05) is 36.8 Å². The van der Waals surface area contributed by atoms with Crippen molar-refractivity contribution in [2.24, 2.45) is 0 Å². The van der Waals surface area contributed by atoms with Gasteiger partial charge in [0.25, 0.3) is 11.8 Å². The van der Waals surface area contributed by atoms with Gasteiger partial charge in [-0.15, -0.1) is 0 Å². The molecule has 1 fully saturated rings. The summed E-state index contributed by atoms with van der Waals surface area (Å²) in [5.41, 5.74) is 0.762. The average Bonchev–Trinajstić information content (AvgIpc) is 2.89. The Morgan fingerprint density at radius 2 is 1.43 bits per heavy atom. The third-order valence-electron chi connectivity index (χ3n) is 5.57. The predicted molar refractivity (Wildman–Crippen MR) is 134 cm³/mol. The minimum Gasteiger partial charge on any atom is -0.457 e. The third-order valence-corrected chi connectivity index (χ3v) is 6.14. The Labute approximate surface area is 213 Å². The monoisotopic (exact) mass is 511 g/mol. The highest BCUT2D eigenvalue weighted by Crippen LogP contribution is 2.23. The first-order valence-corrected chi connectivity index (χ1v) is 11.8. The van der Waals surface area contributed by atoms with Crippen molar-refractivity contribution in [3.8, 4) is 11.5 Å². The predicted octanol–water partition coefficient (Wildman–Crippen LogP) is 4.50. The molecule has 0 aromatic heterocycles. The van der Waals surface area contributed by atoms with Crippen molar-refractivity contribution in [1.29, 1.82) is 0 Å². The minimum atomic E-state index is -0.353. The number of piperazine rings is 1. The van der Waals surface area contributed by atoms with Crippen LogP contribution in [0.2, 0.25) is 10.0 Å². The van der Waals surface area contributed by atoms with E-state index in [1.54, 1.807) is 52.3 Å². The van der Waals surface area contributed by atoms with Crippen molar-refractivity contribution >= 4 is 40.9 Å². The number of hydrogen-bond donors (Lipinski definition) is 1. The zero-order chi connectivity index (χ0) is 24.8. The summed E-state index contributed by atoms with van der Waals surface area (Å²) >= 11 is 12.1. The number of amides is 3. The number of ether oxygens (including phenoxy) is 1. The van der Waals surface area contributed by atoms with E-state index in [1.165, 1.54) is 0 Å². The Kier molecular flexibility index (Phi) is 7.90. The van der Waals surface area contributed by atoms with E-state index >= 15 is 0 Å². The Hall–Kier alpha value is -3.55. The van der Waals surface area contributed by atoms with Gasteiger partial charge in [-0.05, 0) is 54.6 Å². The van der Waals surface area contributed by atoms with Crippen LogP contribution in [0.1, 0.15) is 20.7 Å². The maximum absolute atomic E-state index is 12.8. The van der Waals surface area contributed by atoms with Crippen molar-refractivity contribution in [2.75, 3.05) is 32.7 Å². The number of halogens is 2. The number of carbonyl (C=O) groups is 3. The number of para-hydroxylation sites is 1. The highest BCUT2D eigenvalue weighted by Gasteiger charge is 2.26. The molecule has 1 aliphatic rings. The molecule has 0 unspecified atom stereocenters. The second-order valence-electron chi connectivity index (χ2n) is 7.92. The fourth-order valence-corrected chi connectivity index (χ4v) is 4.03. The van der Waals surface area contributed by atoms with E-state index in [0.717, 1.165) is 0 Å². The Balaban J connectivity index is 1.24. The molecule has 0 aliphatic carbocycles. The standard InChI is InChI=1S/C26H23Cl2N3O4/c27-19-8-11-23(28)22(16-19)26(34)31-14-12-30(13-15-31)24(32)17-29-25(33)18-6-9-21(10-7-18)35-20-4-2-1-3-5-20/h1-11,16H,12-15,17H2,(H,29,33). The molecular formula is C26H23Cl2N3O4. The molecule has 0 radical (unpaired) electrons. The van der Waals surface area contributed by atoms with Gasteiger partial charge in [0.15, 0.2) is 0 Å². The van der Waals surface area contributed by atoms with Gasteiger partial charge < -0.3 is 19.9 Å². The van der Waals surface area contributed by atoms with Gasteiger partial charge in [-0.3, -0.25) is 14.4 Å². The van der Waals surface area contributed by atoms with Crippen molar-refractivity contribution in [2.45, 2.75) is 0 Å². The van der Waals surface area contributed by atoms with Crippen molar-refractivity contribution in [1.82, 2.24) is 15.1 Å². The fraction of sp³-hybridized carbons (Fsp3) is 0.192. The molecule has 4 rings (SSSR count). The van der Waals surface area contributed by atoms with Crippen LogP contribution in [0.4, 0.5) is 0 Å². The van der Waals surface area contributed by atoms with Crippen molar-refractivity contribution in [3.05, 3.63) is 94.0 Å². The molecule has 1 heterocycles. The second-order valence-corrected chi connectivity index (χ2v) is 8.76. The summed E-state index contributed by atoms with van der Waals surface area (Å²) in [6, 6.07) is 20.8. The molecule has 0 atom stereocenters. The number of benzene rings is 3. The van der Waals surface area contributed by atoms with Crippen molar-refractivity contribution in [3.63, 3.8) is 0 Å². The van der Waals surface area contributed by atoms with Gasteiger partial charge in [-0.1, -0.05) is 41.4 Å². The zero-order valence-electron chi connectivity index (χ0n) is 18.7. The maximum Gasteiger partial charge on any atom is 0.255 e. The summed E-state index contributed by atoms with van der Waals surface area (Å²) in [4.78, 5) is 41.1. The summed E-state index contributed by atoms with van der Waals surface area (Å²) in [6.07, 6.45) is 0. The van der Waals surface area contributed by atoms with Crippen LogP contribution in [0.5, 0.6) is 11.5 Å². The average molecular weight is 512 g/mol. The molecule has 0 bridgehead atoms. The van der Waals surface area contributed by atoms with Gasteiger partial charge in [0.1, 0.15) is 11.5 Å². The first kappa shape index (κ1) is 24.6. The van der Waals surface area contributed by atoms with Crippen molar-refractivity contribution < 1.29 is 19.1 Å². The Morgan fingerprint density at radius 3 is 2.11 bits per heavy atom. The summed E-state index contributed by atoms with van der Waals surface area (Å²) in [6.45, 7) is 1.33. The lowest BCUT2D eigenvalue weighted by molar-refractivity contribution is -0.131. The first-order valence-electron chi connectivity index (χ1n) is 11.0. The minimum absolute atomic E-state index is 0.130. The number of carbonyl (C=O) groups excluding carboxylic acids is 3. The largest absolute Gasteiger partial charge is 0.457 e. The molecule has 9 heteroatoms. The SMILES string of the molecule is O=C(NCC(=O)N1CCN(C(=O)c2cc(Cl)ccc2Cl)CC1)c1ccc(Oc2ccccc2)cc1. The molecule has 1 saturated heterocycles. The lowest BCUT2D eigenvalue weighted by atomic mass is 10.1. The molecule has 3 aromatic rings. The van der Waals surface area contributed by atoms with Gasteiger partial charge in [-0.25, -0.2) is 0 Å². The van der Waals surface area contributed by atoms with E-state index in [2.05, 4.69) is 5.32 Å². The van der Waals surface area contributed by atoms with Crippen LogP contribution in [0, 0.1) is 0 Å². The number of nitrogens with one attached hydrogen (secondary N) is 1. The fourth-order valence-electron chi connectivity index (χ4n) is 3.66. The Morgan fingerprint density at radius 1 is 0.800 bits per heavy atom. The maximum atomic E-state index is 12.8. The Bertz CT molecular complexity index is 1210. The van der Waals surface area contributed by atoms with Gasteiger partial charge in [-0.2, -0.15) is 0 Å². The molecule has 1 N–H and O–H groups in total. The topological polar surface area (TPSA) is 79.0 Å². The van der Waals surface area contributed by atoms with E-state index in [1.807, 2.05) is 30.3 Å². The molecular weight excluding hydrogens is 489 g/mol. The normalized spacial score (nSPS) is 13.3. The molecule has 35 heavy (non-hydrogen) atoms. The van der Waals surface area contributed by atoms with Crippen LogP contribution in [-0.4, -0.2) is 60.2 Å². The van der Waals surface area contributed by atoms with E-state index in [9.17, 15) is 14.4 Å². The summed E-state index contributed by atoms with van der Waals surface area (Å²) in [7, 11) is 0. The highest BCUT2D eigenvalue weighted by molar-refractivity contribution is 6.35. The molecule has 3 aromatic carbocycles. The second kappa shape index (κ2) is 11.3.